The molecule has 0 radical (unpaired) electrons. The predicted molar refractivity (Wildman–Crippen MR) is 121 cm³/mol. The van der Waals surface area contributed by atoms with Crippen molar-refractivity contribution in [2.24, 2.45) is 10.9 Å². The lowest BCUT2D eigenvalue weighted by Gasteiger charge is -2.29. The van der Waals surface area contributed by atoms with Crippen molar-refractivity contribution in [3.05, 3.63) is 47.3 Å². The van der Waals surface area contributed by atoms with E-state index in [0.29, 0.717) is 6.54 Å². The van der Waals surface area contributed by atoms with Crippen molar-refractivity contribution in [1.82, 2.24) is 25.3 Å². The number of hydrogen-bond acceptors (Lipinski definition) is 3. The molecule has 2 N–H and O–H groups in total. The number of aliphatic imine (C=N–C) groups is 1. The number of aromatic nitrogens is 2. The number of para-hydroxylation sites is 1. The van der Waals surface area contributed by atoms with E-state index in [1.807, 2.05) is 11.6 Å². The van der Waals surface area contributed by atoms with Crippen molar-refractivity contribution in [2.75, 3.05) is 33.2 Å². The summed E-state index contributed by atoms with van der Waals surface area (Å²) in [6.07, 6.45) is 3.82. The second-order valence-corrected chi connectivity index (χ2v) is 8.12. The Morgan fingerprint density at radius 3 is 2.62 bits per heavy atom. The molecule has 1 aromatic heterocycles. The van der Waals surface area contributed by atoms with Gasteiger partial charge < -0.3 is 15.5 Å². The van der Waals surface area contributed by atoms with Crippen molar-refractivity contribution in [3.8, 4) is 5.69 Å². The van der Waals surface area contributed by atoms with Gasteiger partial charge >= 0.3 is 0 Å². The zero-order valence-electron chi connectivity index (χ0n) is 18.4. The predicted octanol–water partition coefficient (Wildman–Crippen LogP) is 3.28. The summed E-state index contributed by atoms with van der Waals surface area (Å²) in [7, 11) is 2.22. The van der Waals surface area contributed by atoms with Gasteiger partial charge in [0.05, 0.1) is 17.9 Å². The van der Waals surface area contributed by atoms with Crippen LogP contribution < -0.4 is 10.6 Å². The van der Waals surface area contributed by atoms with Crippen LogP contribution in [0, 0.1) is 19.8 Å². The van der Waals surface area contributed by atoms with Crippen LogP contribution in [0.2, 0.25) is 0 Å². The van der Waals surface area contributed by atoms with E-state index in [1.54, 1.807) is 0 Å². The highest BCUT2D eigenvalue weighted by Gasteiger charge is 2.16. The topological polar surface area (TPSA) is 57.5 Å². The Balaban J connectivity index is 1.62. The van der Waals surface area contributed by atoms with Crippen LogP contribution in [0.5, 0.6) is 0 Å². The first-order chi connectivity index (χ1) is 14.1. The van der Waals surface area contributed by atoms with Gasteiger partial charge in [0.2, 0.25) is 0 Å². The summed E-state index contributed by atoms with van der Waals surface area (Å²) in [5.74, 6) is 1.72. The lowest BCUT2D eigenvalue weighted by atomic mass is 9.94. The zero-order chi connectivity index (χ0) is 20.6. The van der Waals surface area contributed by atoms with Crippen molar-refractivity contribution in [1.29, 1.82) is 0 Å². The first kappa shape index (κ1) is 21.4. The molecule has 0 spiro atoms. The van der Waals surface area contributed by atoms with Crippen LogP contribution in [0.1, 0.15) is 43.1 Å². The Bertz CT molecular complexity index is 801. The van der Waals surface area contributed by atoms with Gasteiger partial charge in [-0.05, 0) is 83.8 Å². The second-order valence-electron chi connectivity index (χ2n) is 8.12. The number of nitrogens with one attached hydrogen (secondary N) is 2. The molecular weight excluding hydrogens is 360 g/mol. The molecule has 2 aromatic rings. The Hall–Kier alpha value is -2.34. The summed E-state index contributed by atoms with van der Waals surface area (Å²) in [6, 6.07) is 10.5. The van der Waals surface area contributed by atoms with Crippen molar-refractivity contribution < 1.29 is 0 Å². The smallest absolute Gasteiger partial charge is 0.191 e. The first-order valence-electron chi connectivity index (χ1n) is 10.9. The van der Waals surface area contributed by atoms with E-state index in [-0.39, 0.29) is 0 Å². The minimum atomic E-state index is 0.623. The van der Waals surface area contributed by atoms with E-state index in [1.165, 1.54) is 37.9 Å². The number of nitrogens with zero attached hydrogens (tertiary/aromatic N) is 4. The van der Waals surface area contributed by atoms with Crippen LogP contribution in [0.4, 0.5) is 0 Å². The number of guanidine groups is 1. The molecule has 0 unspecified atom stereocenters. The fourth-order valence-corrected chi connectivity index (χ4v) is 3.98. The summed E-state index contributed by atoms with van der Waals surface area (Å²) < 4.78 is 2.01. The normalized spacial score (nSPS) is 16.2. The average molecular weight is 397 g/mol. The maximum Gasteiger partial charge on any atom is 0.191 e. The van der Waals surface area contributed by atoms with Crippen molar-refractivity contribution in [3.63, 3.8) is 0 Å². The van der Waals surface area contributed by atoms with E-state index >= 15 is 0 Å². The number of benzene rings is 1. The Kier molecular flexibility index (Phi) is 7.69. The Morgan fingerprint density at radius 2 is 1.93 bits per heavy atom. The summed E-state index contributed by atoms with van der Waals surface area (Å²) >= 11 is 0. The fraction of sp³-hybridized carbons (Fsp3) is 0.565. The van der Waals surface area contributed by atoms with E-state index in [0.717, 1.165) is 42.0 Å². The third-order valence-corrected chi connectivity index (χ3v) is 5.66. The molecule has 1 aromatic carbocycles. The molecule has 1 saturated heterocycles. The molecule has 3 rings (SSSR count). The summed E-state index contributed by atoms with van der Waals surface area (Å²) in [4.78, 5) is 7.27. The van der Waals surface area contributed by atoms with Gasteiger partial charge in [-0.15, -0.1) is 0 Å². The minimum Gasteiger partial charge on any atom is -0.357 e. The van der Waals surface area contributed by atoms with Gasteiger partial charge in [0, 0.05) is 18.8 Å². The number of hydrogen-bond donors (Lipinski definition) is 2. The van der Waals surface area contributed by atoms with E-state index in [4.69, 9.17) is 4.99 Å². The van der Waals surface area contributed by atoms with Crippen molar-refractivity contribution >= 4 is 5.96 Å². The largest absolute Gasteiger partial charge is 0.357 e. The van der Waals surface area contributed by atoms with E-state index in [9.17, 15) is 0 Å². The zero-order valence-corrected chi connectivity index (χ0v) is 18.4. The van der Waals surface area contributed by atoms with Gasteiger partial charge in [-0.2, -0.15) is 5.10 Å². The number of aryl methyl sites for hydroxylation is 2. The maximum atomic E-state index is 4.85. The van der Waals surface area contributed by atoms with Gasteiger partial charge in [-0.25, -0.2) is 9.67 Å². The number of rotatable bonds is 7. The van der Waals surface area contributed by atoms with Crippen LogP contribution in [0.25, 0.3) is 5.69 Å². The van der Waals surface area contributed by atoms with Crippen LogP contribution in [-0.4, -0.2) is 53.9 Å². The molecular formula is C23H36N6. The van der Waals surface area contributed by atoms with E-state index in [2.05, 4.69) is 71.9 Å². The van der Waals surface area contributed by atoms with Crippen LogP contribution in [0.3, 0.4) is 0 Å². The summed E-state index contributed by atoms with van der Waals surface area (Å²) in [5.41, 5.74) is 4.45. The molecule has 0 saturated carbocycles. The molecule has 29 heavy (non-hydrogen) atoms. The van der Waals surface area contributed by atoms with Gasteiger partial charge in [-0.1, -0.05) is 18.2 Å². The van der Waals surface area contributed by atoms with E-state index < -0.39 is 0 Å². The quantitative estimate of drug-likeness (QED) is 0.557. The third kappa shape index (κ3) is 6.07. The lowest BCUT2D eigenvalue weighted by molar-refractivity contribution is 0.213. The monoisotopic (exact) mass is 396 g/mol. The molecule has 1 aliphatic rings. The highest BCUT2D eigenvalue weighted by Crippen LogP contribution is 2.19. The van der Waals surface area contributed by atoms with Crippen LogP contribution in [0.15, 0.2) is 35.3 Å². The molecule has 2 heterocycles. The molecule has 1 fully saturated rings. The molecule has 0 bridgehead atoms. The van der Waals surface area contributed by atoms with Crippen LogP contribution in [-0.2, 0) is 6.54 Å². The molecule has 158 valence electrons. The second kappa shape index (κ2) is 10.4. The highest BCUT2D eigenvalue weighted by molar-refractivity contribution is 5.79. The highest BCUT2D eigenvalue weighted by atomic mass is 15.3. The Labute approximate surface area is 175 Å². The summed E-state index contributed by atoms with van der Waals surface area (Å²) in [5, 5.41) is 11.6. The molecule has 1 aliphatic heterocycles. The Morgan fingerprint density at radius 1 is 1.17 bits per heavy atom. The van der Waals surface area contributed by atoms with Gasteiger partial charge in [0.1, 0.15) is 0 Å². The van der Waals surface area contributed by atoms with Gasteiger partial charge in [-0.3, -0.25) is 0 Å². The third-order valence-electron chi connectivity index (χ3n) is 5.66. The van der Waals surface area contributed by atoms with Gasteiger partial charge in [0.15, 0.2) is 5.96 Å². The average Bonchev–Trinajstić information content (AvgIpc) is 3.05. The molecule has 6 nitrogen and oxygen atoms in total. The number of piperidine rings is 1. The minimum absolute atomic E-state index is 0.623. The SMILES string of the molecule is CCNC(=NCc1ccccc1-n1nc(C)cc1C)NCCC1CCN(C)CC1. The number of likely N-dealkylation sites (tertiary alicyclic amines) is 1. The lowest BCUT2D eigenvalue weighted by Crippen LogP contribution is -2.39. The molecule has 0 amide bonds. The molecule has 0 aliphatic carbocycles. The maximum absolute atomic E-state index is 4.85. The standard InChI is InChI=1S/C23H36N6/c1-5-24-23(25-13-10-20-11-14-28(4)15-12-20)26-17-21-8-6-7-9-22(21)29-19(3)16-18(2)27-29/h6-9,16,20H,5,10-15,17H2,1-4H3,(H2,24,25,26). The summed E-state index contributed by atoms with van der Waals surface area (Å²) in [6.45, 7) is 11.1. The molecule has 0 atom stereocenters. The molecule has 6 heteroatoms. The fourth-order valence-electron chi connectivity index (χ4n) is 3.98. The van der Waals surface area contributed by atoms with Crippen molar-refractivity contribution in [2.45, 2.75) is 46.6 Å². The first-order valence-corrected chi connectivity index (χ1v) is 10.9. The van der Waals surface area contributed by atoms with Gasteiger partial charge in [0.25, 0.3) is 0 Å². The van der Waals surface area contributed by atoms with Crippen LogP contribution >= 0.6 is 0 Å².